The first-order valence-electron chi connectivity index (χ1n) is 10.5. The van der Waals surface area contributed by atoms with Gasteiger partial charge in [-0.05, 0) is 63.1 Å². The maximum atomic E-state index is 13.0. The van der Waals surface area contributed by atoms with Crippen LogP contribution < -0.4 is 0 Å². The molecule has 2 saturated heterocycles. The summed E-state index contributed by atoms with van der Waals surface area (Å²) in [6.07, 6.45) is 5.76. The molecule has 1 spiro atoms. The van der Waals surface area contributed by atoms with Crippen LogP contribution in [0.25, 0.3) is 0 Å². The van der Waals surface area contributed by atoms with E-state index < -0.39 is 0 Å². The Labute approximate surface area is 167 Å². The molecule has 0 bridgehead atoms. The van der Waals surface area contributed by atoms with Crippen LogP contribution in [0.15, 0.2) is 29.2 Å². The number of hydrogen-bond donors (Lipinski definition) is 0. The summed E-state index contributed by atoms with van der Waals surface area (Å²) in [6, 6.07) is 4.33. The molecule has 4 rings (SSSR count). The SMILES string of the molecule is C/C=C(\C)CN1CCC2(CC1)CC2C(=O)N1CCN(Cc2cccs2)CC1. The van der Waals surface area contributed by atoms with E-state index in [4.69, 9.17) is 0 Å². The number of rotatable bonds is 5. The van der Waals surface area contributed by atoms with Crippen LogP contribution in [0.4, 0.5) is 0 Å². The fourth-order valence-electron chi connectivity index (χ4n) is 4.82. The highest BCUT2D eigenvalue weighted by atomic mass is 32.1. The predicted molar refractivity (Wildman–Crippen MR) is 112 cm³/mol. The summed E-state index contributed by atoms with van der Waals surface area (Å²) >= 11 is 1.83. The molecule has 1 saturated carbocycles. The Morgan fingerprint density at radius 3 is 2.56 bits per heavy atom. The topological polar surface area (TPSA) is 26.8 Å². The van der Waals surface area contributed by atoms with Crippen LogP contribution in [0.5, 0.6) is 0 Å². The fourth-order valence-corrected chi connectivity index (χ4v) is 5.57. The first-order chi connectivity index (χ1) is 13.1. The molecule has 1 aromatic heterocycles. The zero-order valence-corrected chi connectivity index (χ0v) is 17.6. The minimum absolute atomic E-state index is 0.311. The Bertz CT molecular complexity index is 668. The molecule has 1 aliphatic carbocycles. The van der Waals surface area contributed by atoms with Gasteiger partial charge in [-0.2, -0.15) is 0 Å². The average molecular weight is 388 g/mol. The van der Waals surface area contributed by atoms with E-state index in [1.165, 1.54) is 23.3 Å². The van der Waals surface area contributed by atoms with Gasteiger partial charge in [-0.3, -0.25) is 14.6 Å². The summed E-state index contributed by atoms with van der Waals surface area (Å²) in [5, 5.41) is 2.15. The first kappa shape index (κ1) is 19.2. The minimum Gasteiger partial charge on any atom is -0.340 e. The smallest absolute Gasteiger partial charge is 0.226 e. The largest absolute Gasteiger partial charge is 0.340 e. The summed E-state index contributed by atoms with van der Waals surface area (Å²) in [6.45, 7) is 12.6. The molecular formula is C22H33N3OS. The number of carbonyl (C=O) groups is 1. The van der Waals surface area contributed by atoms with E-state index in [2.05, 4.69) is 52.1 Å². The molecule has 0 aromatic carbocycles. The Morgan fingerprint density at radius 2 is 1.93 bits per heavy atom. The van der Waals surface area contributed by atoms with Gasteiger partial charge in [0, 0.05) is 50.1 Å². The van der Waals surface area contributed by atoms with Crippen LogP contribution in [0.1, 0.15) is 38.0 Å². The normalized spacial score (nSPS) is 26.5. The molecule has 1 amide bonds. The van der Waals surface area contributed by atoms with Crippen LogP contribution >= 0.6 is 11.3 Å². The van der Waals surface area contributed by atoms with Gasteiger partial charge in [0.15, 0.2) is 0 Å². The Balaban J connectivity index is 1.23. The van der Waals surface area contributed by atoms with Crippen molar-refractivity contribution >= 4 is 17.2 Å². The van der Waals surface area contributed by atoms with Gasteiger partial charge in [0.1, 0.15) is 0 Å². The quantitative estimate of drug-likeness (QED) is 0.724. The zero-order chi connectivity index (χ0) is 18.9. The molecule has 0 N–H and O–H groups in total. The third kappa shape index (κ3) is 4.30. The highest BCUT2D eigenvalue weighted by Gasteiger charge is 2.59. The van der Waals surface area contributed by atoms with Crippen molar-refractivity contribution in [1.29, 1.82) is 0 Å². The lowest BCUT2D eigenvalue weighted by Crippen LogP contribution is -2.49. The van der Waals surface area contributed by atoms with Crippen molar-refractivity contribution in [2.24, 2.45) is 11.3 Å². The van der Waals surface area contributed by atoms with Crippen LogP contribution in [0.3, 0.4) is 0 Å². The number of allylic oxidation sites excluding steroid dienone is 1. The van der Waals surface area contributed by atoms with Gasteiger partial charge in [-0.15, -0.1) is 11.3 Å². The van der Waals surface area contributed by atoms with Crippen LogP contribution in [0, 0.1) is 11.3 Å². The minimum atomic E-state index is 0.311. The third-order valence-corrected chi connectivity index (χ3v) is 7.81. The first-order valence-corrected chi connectivity index (χ1v) is 11.4. The Morgan fingerprint density at radius 1 is 1.19 bits per heavy atom. The van der Waals surface area contributed by atoms with E-state index in [0.29, 0.717) is 17.2 Å². The van der Waals surface area contributed by atoms with Gasteiger partial charge in [-0.1, -0.05) is 17.7 Å². The summed E-state index contributed by atoms with van der Waals surface area (Å²) in [4.78, 5) is 21.7. The standard InChI is InChI=1S/C22H33N3OS/c1-3-18(2)16-23-8-6-22(7-9-23)15-20(22)21(26)25-12-10-24(11-13-25)17-19-5-4-14-27-19/h3-5,14,20H,6-13,15-17H2,1-2H3/b18-3+. The number of hydrogen-bond acceptors (Lipinski definition) is 4. The van der Waals surface area contributed by atoms with Gasteiger partial charge < -0.3 is 4.90 Å². The second-order valence-electron chi connectivity index (χ2n) is 8.71. The van der Waals surface area contributed by atoms with Crippen LogP contribution in [-0.4, -0.2) is 66.4 Å². The molecular weight excluding hydrogens is 354 g/mol. The number of nitrogens with zero attached hydrogens (tertiary/aromatic N) is 3. The second kappa shape index (κ2) is 8.06. The van der Waals surface area contributed by atoms with Gasteiger partial charge in [0.05, 0.1) is 0 Å². The molecule has 3 fully saturated rings. The molecule has 1 atom stereocenters. The van der Waals surface area contributed by atoms with E-state index in [0.717, 1.165) is 58.8 Å². The summed E-state index contributed by atoms with van der Waals surface area (Å²) in [7, 11) is 0. The Hall–Kier alpha value is -1.17. The molecule has 27 heavy (non-hydrogen) atoms. The molecule has 3 heterocycles. The van der Waals surface area contributed by atoms with Crippen molar-refractivity contribution in [3.63, 3.8) is 0 Å². The average Bonchev–Trinajstić information content (AvgIpc) is 3.13. The highest BCUT2D eigenvalue weighted by molar-refractivity contribution is 7.09. The molecule has 5 heteroatoms. The van der Waals surface area contributed by atoms with E-state index in [9.17, 15) is 4.79 Å². The van der Waals surface area contributed by atoms with Crippen LogP contribution in [0.2, 0.25) is 0 Å². The van der Waals surface area contributed by atoms with E-state index in [-0.39, 0.29) is 0 Å². The number of likely N-dealkylation sites (tertiary alicyclic amines) is 1. The van der Waals surface area contributed by atoms with E-state index >= 15 is 0 Å². The van der Waals surface area contributed by atoms with Crippen molar-refractivity contribution in [1.82, 2.24) is 14.7 Å². The van der Waals surface area contributed by atoms with Gasteiger partial charge >= 0.3 is 0 Å². The summed E-state index contributed by atoms with van der Waals surface area (Å²) < 4.78 is 0. The fraction of sp³-hybridized carbons (Fsp3) is 0.682. The predicted octanol–water partition coefficient (Wildman–Crippen LogP) is 3.46. The second-order valence-corrected chi connectivity index (χ2v) is 9.74. The van der Waals surface area contributed by atoms with Crippen molar-refractivity contribution in [2.75, 3.05) is 45.8 Å². The van der Waals surface area contributed by atoms with Crippen LogP contribution in [-0.2, 0) is 11.3 Å². The zero-order valence-electron chi connectivity index (χ0n) is 16.8. The molecule has 0 radical (unpaired) electrons. The number of piperazine rings is 1. The van der Waals surface area contributed by atoms with E-state index in [1.807, 2.05) is 11.3 Å². The van der Waals surface area contributed by atoms with Crippen molar-refractivity contribution < 1.29 is 4.79 Å². The van der Waals surface area contributed by atoms with E-state index in [1.54, 1.807) is 0 Å². The van der Waals surface area contributed by atoms with Gasteiger partial charge in [0.25, 0.3) is 0 Å². The molecule has 3 aliphatic rings. The molecule has 1 unspecified atom stereocenters. The maximum absolute atomic E-state index is 13.0. The van der Waals surface area contributed by atoms with Gasteiger partial charge in [0.2, 0.25) is 5.91 Å². The van der Waals surface area contributed by atoms with Crippen molar-refractivity contribution in [3.8, 4) is 0 Å². The number of thiophene rings is 1. The number of piperidine rings is 1. The number of carbonyl (C=O) groups excluding carboxylic acids is 1. The third-order valence-electron chi connectivity index (χ3n) is 6.95. The van der Waals surface area contributed by atoms with Gasteiger partial charge in [-0.25, -0.2) is 0 Å². The lowest BCUT2D eigenvalue weighted by molar-refractivity contribution is -0.135. The lowest BCUT2D eigenvalue weighted by Gasteiger charge is -2.36. The number of amides is 1. The summed E-state index contributed by atoms with van der Waals surface area (Å²) in [5.74, 6) is 0.759. The molecule has 148 valence electrons. The van der Waals surface area contributed by atoms with Crippen molar-refractivity contribution in [3.05, 3.63) is 34.0 Å². The maximum Gasteiger partial charge on any atom is 0.226 e. The van der Waals surface area contributed by atoms with Crippen molar-refractivity contribution in [2.45, 2.75) is 39.7 Å². The lowest BCUT2D eigenvalue weighted by atomic mass is 9.90. The highest BCUT2D eigenvalue weighted by Crippen LogP contribution is 2.60. The monoisotopic (exact) mass is 387 g/mol. The molecule has 4 nitrogen and oxygen atoms in total. The molecule has 1 aromatic rings. The Kier molecular flexibility index (Phi) is 5.72. The molecule has 2 aliphatic heterocycles. The summed E-state index contributed by atoms with van der Waals surface area (Å²) in [5.41, 5.74) is 1.79.